The van der Waals surface area contributed by atoms with E-state index in [0.717, 1.165) is 5.69 Å². The summed E-state index contributed by atoms with van der Waals surface area (Å²) in [4.78, 5) is 12.0. The van der Waals surface area contributed by atoms with Gasteiger partial charge in [0, 0.05) is 0 Å². The number of aromatic amines is 1. The average Bonchev–Trinajstić information content (AvgIpc) is 3.23. The first-order valence-corrected chi connectivity index (χ1v) is 12.2. The monoisotopic (exact) mass is 422 g/mol. The lowest BCUT2D eigenvalue weighted by atomic mass is 10.2. The molecule has 0 bridgehead atoms. The van der Waals surface area contributed by atoms with Gasteiger partial charge >= 0.3 is 5.97 Å². The van der Waals surface area contributed by atoms with Crippen LogP contribution >= 0.6 is 0 Å². The van der Waals surface area contributed by atoms with Crippen LogP contribution in [0.3, 0.4) is 0 Å². The Kier molecular flexibility index (Phi) is 6.58. The van der Waals surface area contributed by atoms with Gasteiger partial charge in [-0.2, -0.15) is 5.10 Å². The third-order valence-corrected chi connectivity index (χ3v) is 10.4. The van der Waals surface area contributed by atoms with E-state index >= 15 is 0 Å². The van der Waals surface area contributed by atoms with Gasteiger partial charge in [0.25, 0.3) is 8.32 Å². The van der Waals surface area contributed by atoms with Crippen molar-refractivity contribution in [2.75, 3.05) is 6.61 Å². The molecule has 1 heterocycles. The zero-order valence-electron chi connectivity index (χ0n) is 18.3. The summed E-state index contributed by atoms with van der Waals surface area (Å²) in [5, 5.41) is 9.38. The van der Waals surface area contributed by atoms with E-state index < -0.39 is 14.3 Å². The molecule has 0 aliphatic rings. The molecule has 0 unspecified atom stereocenters. The normalized spacial score (nSPS) is 13.1. The number of rotatable bonds is 7. The topological polar surface area (TPSA) is 64.2 Å². The van der Waals surface area contributed by atoms with E-state index in [9.17, 15) is 4.79 Å². The van der Waals surface area contributed by atoms with Crippen LogP contribution in [0.1, 0.15) is 56.9 Å². The molecule has 3 aromatic rings. The highest BCUT2D eigenvalue weighted by atomic mass is 28.4. The number of ether oxygens (including phenoxy) is 1. The maximum Gasteiger partial charge on any atom is 0.358 e. The van der Waals surface area contributed by atoms with Crippen LogP contribution in [0.25, 0.3) is 0 Å². The molecular formula is C24H30N2O3Si. The number of aromatic nitrogens is 2. The summed E-state index contributed by atoms with van der Waals surface area (Å²) >= 11 is 0. The number of benzene rings is 2. The molecule has 0 spiro atoms. The fraction of sp³-hybridized carbons (Fsp3) is 0.333. The second-order valence-corrected chi connectivity index (χ2v) is 12.6. The van der Waals surface area contributed by atoms with Gasteiger partial charge in [-0.3, -0.25) is 5.10 Å². The smallest absolute Gasteiger partial charge is 0.358 e. The van der Waals surface area contributed by atoms with Crippen molar-refractivity contribution >= 4 is 24.7 Å². The van der Waals surface area contributed by atoms with Crippen LogP contribution in [0.2, 0.25) is 5.04 Å². The number of carbonyl (C=O) groups is 1. The zero-order chi connectivity index (χ0) is 21.8. The Hall–Kier alpha value is -2.70. The maximum absolute atomic E-state index is 12.0. The second-order valence-electron chi connectivity index (χ2n) is 8.35. The van der Waals surface area contributed by atoms with E-state index in [-0.39, 0.29) is 16.8 Å². The van der Waals surface area contributed by atoms with Crippen LogP contribution in [0.5, 0.6) is 0 Å². The van der Waals surface area contributed by atoms with Crippen LogP contribution in [0, 0.1) is 0 Å². The van der Waals surface area contributed by atoms with Gasteiger partial charge in [-0.25, -0.2) is 4.79 Å². The molecule has 0 saturated carbocycles. The molecule has 3 rings (SSSR count). The summed E-state index contributed by atoms with van der Waals surface area (Å²) in [6.07, 6.45) is -0.285. The van der Waals surface area contributed by atoms with E-state index in [1.807, 2.05) is 19.1 Å². The molecular weight excluding hydrogens is 392 g/mol. The molecule has 0 fully saturated rings. The second kappa shape index (κ2) is 8.98. The van der Waals surface area contributed by atoms with Crippen LogP contribution in [-0.4, -0.2) is 31.1 Å². The van der Waals surface area contributed by atoms with Crippen molar-refractivity contribution in [1.82, 2.24) is 10.2 Å². The molecule has 0 radical (unpaired) electrons. The van der Waals surface area contributed by atoms with Crippen LogP contribution < -0.4 is 10.4 Å². The molecule has 0 saturated heterocycles. The highest BCUT2D eigenvalue weighted by Gasteiger charge is 2.51. The van der Waals surface area contributed by atoms with E-state index in [1.165, 1.54) is 10.4 Å². The summed E-state index contributed by atoms with van der Waals surface area (Å²) in [7, 11) is -2.69. The van der Waals surface area contributed by atoms with E-state index in [0.29, 0.717) is 6.61 Å². The third kappa shape index (κ3) is 4.25. The first kappa shape index (κ1) is 22.0. The Morgan fingerprint density at radius 1 is 1.03 bits per heavy atom. The predicted octanol–water partition coefficient (Wildman–Crippen LogP) is 4.22. The standard InChI is InChI=1S/C24H30N2O3Si/c1-6-28-23(27)22-17-21(25-26-22)18(2)29-30(24(3,4)5,19-13-9-7-10-14-19)20-15-11-8-12-16-20/h7-18H,6H2,1-5H3,(H,25,26)/t18-/m1/s1. The number of hydrogen-bond acceptors (Lipinski definition) is 4. The zero-order valence-corrected chi connectivity index (χ0v) is 19.3. The summed E-state index contributed by atoms with van der Waals surface area (Å²) in [6, 6.07) is 22.7. The summed E-state index contributed by atoms with van der Waals surface area (Å²) in [5.74, 6) is -0.433. The number of esters is 1. The molecule has 5 nitrogen and oxygen atoms in total. The number of H-pyrrole nitrogens is 1. The molecule has 0 aliphatic heterocycles. The number of nitrogens with zero attached hydrogens (tertiary/aromatic N) is 1. The first-order valence-electron chi connectivity index (χ1n) is 10.3. The minimum absolute atomic E-state index is 0.131. The number of carbonyl (C=O) groups excluding carboxylic acids is 1. The molecule has 0 amide bonds. The highest BCUT2D eigenvalue weighted by Crippen LogP contribution is 2.39. The molecule has 6 heteroatoms. The Labute approximate surface area is 179 Å². The van der Waals surface area contributed by atoms with Crippen molar-refractivity contribution in [3.63, 3.8) is 0 Å². The summed E-state index contributed by atoms with van der Waals surface area (Å²) in [6.45, 7) is 10.8. The lowest BCUT2D eigenvalue weighted by molar-refractivity contribution is 0.0519. The molecule has 1 N–H and O–H groups in total. The van der Waals surface area contributed by atoms with Gasteiger partial charge in [0.2, 0.25) is 0 Å². The SMILES string of the molecule is CCOC(=O)c1cc([C@@H](C)O[Si](c2ccccc2)(c2ccccc2)C(C)(C)C)[nH]n1. The minimum atomic E-state index is -2.69. The molecule has 0 aliphatic carbocycles. The Bertz CT molecular complexity index is 925. The maximum atomic E-state index is 12.0. The fourth-order valence-electron chi connectivity index (χ4n) is 3.87. The third-order valence-electron chi connectivity index (χ3n) is 5.29. The van der Waals surface area contributed by atoms with Gasteiger partial charge in [-0.05, 0) is 35.3 Å². The molecule has 2 aromatic carbocycles. The molecule has 30 heavy (non-hydrogen) atoms. The summed E-state index contributed by atoms with van der Waals surface area (Å²) in [5.41, 5.74) is 1.02. The van der Waals surface area contributed by atoms with Gasteiger partial charge < -0.3 is 9.16 Å². The van der Waals surface area contributed by atoms with E-state index in [2.05, 4.69) is 79.5 Å². The van der Waals surface area contributed by atoms with Gasteiger partial charge in [0.15, 0.2) is 5.69 Å². The fourth-order valence-corrected chi connectivity index (χ4v) is 8.55. The summed E-state index contributed by atoms with van der Waals surface area (Å²) < 4.78 is 12.1. The first-order chi connectivity index (χ1) is 14.3. The van der Waals surface area contributed by atoms with Gasteiger partial charge in [0.05, 0.1) is 18.4 Å². The number of nitrogens with one attached hydrogen (secondary N) is 1. The van der Waals surface area contributed by atoms with Gasteiger partial charge in [-0.1, -0.05) is 81.4 Å². The largest absolute Gasteiger partial charge is 0.461 e. The molecule has 1 atom stereocenters. The quantitative estimate of drug-likeness (QED) is 0.457. The van der Waals surface area contributed by atoms with E-state index in [1.54, 1.807) is 13.0 Å². The van der Waals surface area contributed by atoms with Crippen molar-refractivity contribution in [3.05, 3.63) is 78.1 Å². The predicted molar refractivity (Wildman–Crippen MR) is 122 cm³/mol. The van der Waals surface area contributed by atoms with Crippen LogP contribution in [0.4, 0.5) is 0 Å². The van der Waals surface area contributed by atoms with Gasteiger partial charge in [-0.15, -0.1) is 0 Å². The average molecular weight is 423 g/mol. The number of hydrogen-bond donors (Lipinski definition) is 1. The van der Waals surface area contributed by atoms with E-state index in [4.69, 9.17) is 9.16 Å². The van der Waals surface area contributed by atoms with Crippen LogP contribution in [0.15, 0.2) is 66.7 Å². The Morgan fingerprint density at radius 3 is 2.03 bits per heavy atom. The lowest BCUT2D eigenvalue weighted by Crippen LogP contribution is -2.66. The Balaban J connectivity index is 2.06. The lowest BCUT2D eigenvalue weighted by Gasteiger charge is -2.44. The highest BCUT2D eigenvalue weighted by molar-refractivity contribution is 6.99. The molecule has 158 valence electrons. The van der Waals surface area contributed by atoms with Crippen molar-refractivity contribution < 1.29 is 14.0 Å². The molecule has 1 aromatic heterocycles. The minimum Gasteiger partial charge on any atom is -0.461 e. The van der Waals surface area contributed by atoms with Crippen molar-refractivity contribution in [2.24, 2.45) is 0 Å². The van der Waals surface area contributed by atoms with Crippen molar-refractivity contribution in [1.29, 1.82) is 0 Å². The van der Waals surface area contributed by atoms with Crippen molar-refractivity contribution in [3.8, 4) is 0 Å². The Morgan fingerprint density at radius 2 is 1.57 bits per heavy atom. The van der Waals surface area contributed by atoms with Gasteiger partial charge in [0.1, 0.15) is 0 Å². The van der Waals surface area contributed by atoms with Crippen LogP contribution in [-0.2, 0) is 9.16 Å². The van der Waals surface area contributed by atoms with Crippen molar-refractivity contribution in [2.45, 2.75) is 45.8 Å².